The van der Waals surface area contributed by atoms with E-state index in [0.717, 1.165) is 30.6 Å². The van der Waals surface area contributed by atoms with E-state index in [1.807, 2.05) is 0 Å². The molecule has 0 bridgehead atoms. The predicted molar refractivity (Wildman–Crippen MR) is 126 cm³/mol. The van der Waals surface area contributed by atoms with Crippen molar-refractivity contribution in [2.24, 2.45) is 58.2 Å². The van der Waals surface area contributed by atoms with Crippen LogP contribution in [0, 0.1) is 58.2 Å². The van der Waals surface area contributed by atoms with Crippen LogP contribution in [0.4, 0.5) is 0 Å². The van der Waals surface area contributed by atoms with Crippen LogP contribution in [-0.2, 0) is 0 Å². The molecule has 4 aliphatic rings. The van der Waals surface area contributed by atoms with Crippen molar-refractivity contribution < 1.29 is 15.3 Å². The Morgan fingerprint density at radius 2 is 1.39 bits per heavy atom. The van der Waals surface area contributed by atoms with E-state index in [-0.39, 0.29) is 17.9 Å². The van der Waals surface area contributed by atoms with Crippen molar-refractivity contribution in [3.63, 3.8) is 0 Å². The minimum Gasteiger partial charge on any atom is -0.393 e. The predicted octanol–water partition coefficient (Wildman–Crippen LogP) is 5.66. The number of aliphatic hydroxyl groups is 3. The third-order valence-electron chi connectivity index (χ3n) is 11.8. The van der Waals surface area contributed by atoms with E-state index < -0.39 is 12.2 Å². The quantitative estimate of drug-likeness (QED) is 0.523. The molecule has 0 aromatic rings. The summed E-state index contributed by atoms with van der Waals surface area (Å²) in [6.07, 6.45) is 9.68. The van der Waals surface area contributed by atoms with Crippen LogP contribution in [0.3, 0.4) is 0 Å². The number of hydrogen-bond acceptors (Lipinski definition) is 3. The zero-order valence-corrected chi connectivity index (χ0v) is 21.1. The molecule has 4 aliphatic carbocycles. The van der Waals surface area contributed by atoms with E-state index in [0.29, 0.717) is 28.6 Å². The molecule has 0 spiro atoms. The summed E-state index contributed by atoms with van der Waals surface area (Å²) in [4.78, 5) is 0. The molecule has 4 fully saturated rings. The number of hydrogen-bond donors (Lipinski definition) is 3. The van der Waals surface area contributed by atoms with E-state index in [1.165, 1.54) is 44.9 Å². The standard InChI is InChI=1S/C28H50O3/c1-16(2)17(3)25(30)26(31)18(4)22-9-10-23-21-8-7-19-15-20(29)11-13-27(19,5)24(21)12-14-28(22,23)6/h16-26,29-31H,7-15H2,1-6H3/t17-,18-,19?,20+,21?,22+,23?,24?,25+,26+,27-,28+/m0/s1. The van der Waals surface area contributed by atoms with Crippen molar-refractivity contribution in [1.29, 1.82) is 0 Å². The fourth-order valence-corrected chi connectivity index (χ4v) is 9.39. The van der Waals surface area contributed by atoms with Crippen molar-refractivity contribution in [1.82, 2.24) is 0 Å². The Balaban J connectivity index is 1.51. The first-order chi connectivity index (χ1) is 14.5. The molecule has 3 N–H and O–H groups in total. The Kier molecular flexibility index (Phi) is 6.65. The maximum Gasteiger partial charge on any atom is 0.0830 e. The van der Waals surface area contributed by atoms with Gasteiger partial charge in [-0.2, -0.15) is 0 Å². The van der Waals surface area contributed by atoms with Crippen LogP contribution in [0.2, 0.25) is 0 Å². The fourth-order valence-electron chi connectivity index (χ4n) is 9.39. The van der Waals surface area contributed by atoms with Gasteiger partial charge >= 0.3 is 0 Å². The molecule has 0 heterocycles. The summed E-state index contributed by atoms with van der Waals surface area (Å²) in [5, 5.41) is 32.3. The molecule has 0 aromatic carbocycles. The highest BCUT2D eigenvalue weighted by atomic mass is 16.3. The van der Waals surface area contributed by atoms with E-state index >= 15 is 0 Å². The number of aliphatic hydroxyl groups excluding tert-OH is 3. The maximum absolute atomic E-state index is 11.1. The van der Waals surface area contributed by atoms with Crippen LogP contribution >= 0.6 is 0 Å². The van der Waals surface area contributed by atoms with Crippen molar-refractivity contribution >= 4 is 0 Å². The molecule has 0 amide bonds. The van der Waals surface area contributed by atoms with E-state index in [1.54, 1.807) is 0 Å². The highest BCUT2D eigenvalue weighted by Crippen LogP contribution is 2.68. The normalized spacial score (nSPS) is 49.0. The molecule has 4 unspecified atom stereocenters. The van der Waals surface area contributed by atoms with Crippen molar-refractivity contribution in [2.75, 3.05) is 0 Å². The summed E-state index contributed by atoms with van der Waals surface area (Å²) in [5.74, 6) is 4.30. The number of rotatable bonds is 5. The third-order valence-corrected chi connectivity index (χ3v) is 11.8. The lowest BCUT2D eigenvalue weighted by molar-refractivity contribution is -0.136. The van der Waals surface area contributed by atoms with Crippen LogP contribution in [0.15, 0.2) is 0 Å². The lowest BCUT2D eigenvalue weighted by Crippen LogP contribution is -2.54. The van der Waals surface area contributed by atoms with Gasteiger partial charge in [0.1, 0.15) is 0 Å². The van der Waals surface area contributed by atoms with Crippen molar-refractivity contribution in [3.05, 3.63) is 0 Å². The van der Waals surface area contributed by atoms with Crippen LogP contribution in [-0.4, -0.2) is 33.6 Å². The Labute approximate surface area is 191 Å². The van der Waals surface area contributed by atoms with Gasteiger partial charge < -0.3 is 15.3 Å². The summed E-state index contributed by atoms with van der Waals surface area (Å²) in [6.45, 7) is 13.7. The maximum atomic E-state index is 11.1. The molecule has 0 radical (unpaired) electrons. The van der Waals surface area contributed by atoms with Gasteiger partial charge in [-0.15, -0.1) is 0 Å². The second-order valence-electron chi connectivity index (χ2n) is 13.3. The molecule has 3 nitrogen and oxygen atoms in total. The summed E-state index contributed by atoms with van der Waals surface area (Å²) in [5.41, 5.74) is 0.731. The average molecular weight is 435 g/mol. The second-order valence-corrected chi connectivity index (χ2v) is 13.3. The minimum atomic E-state index is -0.628. The fraction of sp³-hybridized carbons (Fsp3) is 1.00. The lowest BCUT2D eigenvalue weighted by Gasteiger charge is -2.61. The molecule has 0 aliphatic heterocycles. The van der Waals surface area contributed by atoms with E-state index in [4.69, 9.17) is 0 Å². The first kappa shape index (κ1) is 24.0. The van der Waals surface area contributed by atoms with Crippen LogP contribution in [0.5, 0.6) is 0 Å². The second kappa shape index (κ2) is 8.58. The largest absolute Gasteiger partial charge is 0.393 e. The highest BCUT2D eigenvalue weighted by molar-refractivity contribution is 5.10. The van der Waals surface area contributed by atoms with Gasteiger partial charge in [0.2, 0.25) is 0 Å². The summed E-state index contributed by atoms with van der Waals surface area (Å²) in [6, 6.07) is 0. The van der Waals surface area contributed by atoms with Gasteiger partial charge in [-0.3, -0.25) is 0 Å². The third kappa shape index (κ3) is 3.83. The van der Waals surface area contributed by atoms with Gasteiger partial charge in [-0.25, -0.2) is 0 Å². The molecule has 3 heteroatoms. The van der Waals surface area contributed by atoms with Gasteiger partial charge in [-0.1, -0.05) is 41.5 Å². The Hall–Kier alpha value is -0.120. The van der Waals surface area contributed by atoms with Crippen LogP contribution < -0.4 is 0 Å². The summed E-state index contributed by atoms with van der Waals surface area (Å²) in [7, 11) is 0. The van der Waals surface area contributed by atoms with Gasteiger partial charge in [0.05, 0.1) is 18.3 Å². The summed E-state index contributed by atoms with van der Waals surface area (Å²) >= 11 is 0. The van der Waals surface area contributed by atoms with Crippen LogP contribution in [0.25, 0.3) is 0 Å². The first-order valence-corrected chi connectivity index (χ1v) is 13.5. The van der Waals surface area contributed by atoms with Crippen molar-refractivity contribution in [3.8, 4) is 0 Å². The highest BCUT2D eigenvalue weighted by Gasteiger charge is 2.61. The van der Waals surface area contributed by atoms with Crippen LogP contribution in [0.1, 0.15) is 99.3 Å². The first-order valence-electron chi connectivity index (χ1n) is 13.5. The van der Waals surface area contributed by atoms with E-state index in [2.05, 4.69) is 41.5 Å². The van der Waals surface area contributed by atoms with Gasteiger partial charge in [-0.05, 0) is 116 Å². The molecule has 4 rings (SSSR count). The molecule has 4 saturated carbocycles. The molecule has 12 atom stereocenters. The zero-order valence-electron chi connectivity index (χ0n) is 21.1. The number of fused-ring (bicyclic) bond motifs is 5. The monoisotopic (exact) mass is 434 g/mol. The van der Waals surface area contributed by atoms with Crippen molar-refractivity contribution in [2.45, 2.75) is 118 Å². The minimum absolute atomic E-state index is 0.0682. The van der Waals surface area contributed by atoms with Gasteiger partial charge in [0.25, 0.3) is 0 Å². The lowest BCUT2D eigenvalue weighted by atomic mass is 9.44. The molecule has 180 valence electrons. The smallest absolute Gasteiger partial charge is 0.0830 e. The Morgan fingerprint density at radius 3 is 2.06 bits per heavy atom. The topological polar surface area (TPSA) is 60.7 Å². The Bertz CT molecular complexity index is 634. The van der Waals surface area contributed by atoms with Gasteiger partial charge in [0, 0.05) is 0 Å². The SMILES string of the molecule is CC(C)[C@H](C)[C@@H](O)[C@H](O)[C@@H](C)[C@H]1CCC2C3CCC4C[C@H](O)CC[C@]4(C)C3CC[C@@]21C. The van der Waals surface area contributed by atoms with E-state index in [9.17, 15) is 15.3 Å². The molecule has 31 heavy (non-hydrogen) atoms. The molecular weight excluding hydrogens is 384 g/mol. The van der Waals surface area contributed by atoms with Gasteiger partial charge in [0.15, 0.2) is 0 Å². The summed E-state index contributed by atoms with van der Waals surface area (Å²) < 4.78 is 0. The Morgan fingerprint density at radius 1 is 0.742 bits per heavy atom. The molecular formula is C28H50O3. The molecule has 0 aromatic heterocycles. The zero-order chi connectivity index (χ0) is 22.7. The molecule has 0 saturated heterocycles. The average Bonchev–Trinajstić information content (AvgIpc) is 3.09.